The molecule has 0 fully saturated rings. The number of hydrogen-bond acceptors (Lipinski definition) is 2. The first-order valence-electron chi connectivity index (χ1n) is 8.81. The molecule has 0 aliphatic carbocycles. The Hall–Kier alpha value is -2.73. The van der Waals surface area contributed by atoms with Crippen molar-refractivity contribution in [2.24, 2.45) is 0 Å². The van der Waals surface area contributed by atoms with Crippen LogP contribution in [0.15, 0.2) is 59.8 Å². The largest absolute Gasteiger partial charge is 0.351 e. The molecule has 0 bridgehead atoms. The molecular weight excluding hydrogens is 361 g/mol. The van der Waals surface area contributed by atoms with Gasteiger partial charge < -0.3 is 16.0 Å². The third kappa shape index (κ3) is 4.17. The van der Waals surface area contributed by atoms with Gasteiger partial charge in [0.05, 0.1) is 11.6 Å². The van der Waals surface area contributed by atoms with Crippen molar-refractivity contribution in [3.05, 3.63) is 76.7 Å². The van der Waals surface area contributed by atoms with Gasteiger partial charge in [-0.2, -0.15) is 0 Å². The van der Waals surface area contributed by atoms with Gasteiger partial charge in [-0.3, -0.25) is 4.79 Å². The fourth-order valence-corrected chi connectivity index (χ4v) is 3.51. The lowest BCUT2D eigenvalue weighted by atomic mass is 9.94. The van der Waals surface area contributed by atoms with Gasteiger partial charge in [-0.15, -0.1) is 0 Å². The third-order valence-corrected chi connectivity index (χ3v) is 4.75. The Labute approximate surface area is 163 Å². The van der Waals surface area contributed by atoms with Crippen molar-refractivity contribution >= 4 is 28.9 Å². The number of rotatable bonds is 4. The second-order valence-electron chi connectivity index (χ2n) is 6.82. The molecule has 1 atom stereocenters. The van der Waals surface area contributed by atoms with Crippen LogP contribution in [0, 0.1) is 5.82 Å². The second kappa shape index (κ2) is 7.88. The molecule has 2 aromatic rings. The molecule has 140 valence electrons. The summed E-state index contributed by atoms with van der Waals surface area (Å²) >= 11 is 5.24. The van der Waals surface area contributed by atoms with E-state index in [-0.39, 0.29) is 17.6 Å². The maximum Gasteiger partial charge on any atom is 0.255 e. The average Bonchev–Trinajstić information content (AvgIpc) is 2.61. The molecule has 2 aromatic carbocycles. The van der Waals surface area contributed by atoms with Crippen molar-refractivity contribution in [1.29, 1.82) is 0 Å². The Bertz CT molecular complexity index is 923. The summed E-state index contributed by atoms with van der Waals surface area (Å²) in [6.07, 6.45) is 0. The number of anilines is 1. The molecule has 1 amide bonds. The Morgan fingerprint density at radius 2 is 1.93 bits per heavy atom. The molecule has 0 unspecified atom stereocenters. The summed E-state index contributed by atoms with van der Waals surface area (Å²) in [5.74, 6) is -0.343. The topological polar surface area (TPSA) is 53.2 Å². The van der Waals surface area contributed by atoms with E-state index in [0.717, 1.165) is 11.3 Å². The maximum atomic E-state index is 13.7. The summed E-state index contributed by atoms with van der Waals surface area (Å²) < 4.78 is 13.7. The highest BCUT2D eigenvalue weighted by molar-refractivity contribution is 7.80. The van der Waals surface area contributed by atoms with Crippen LogP contribution in [0.25, 0.3) is 0 Å². The Morgan fingerprint density at radius 1 is 1.19 bits per heavy atom. The summed E-state index contributed by atoms with van der Waals surface area (Å²) in [7, 11) is 0. The van der Waals surface area contributed by atoms with Gasteiger partial charge in [-0.05, 0) is 54.4 Å². The van der Waals surface area contributed by atoms with Gasteiger partial charge in [0.2, 0.25) is 0 Å². The zero-order chi connectivity index (χ0) is 19.6. The van der Waals surface area contributed by atoms with Crippen LogP contribution in [0.4, 0.5) is 10.1 Å². The second-order valence-corrected chi connectivity index (χ2v) is 7.23. The molecule has 1 aliphatic rings. The molecule has 0 radical (unpaired) electrons. The smallest absolute Gasteiger partial charge is 0.255 e. The molecule has 3 rings (SSSR count). The van der Waals surface area contributed by atoms with Gasteiger partial charge in [-0.1, -0.05) is 44.2 Å². The van der Waals surface area contributed by atoms with Crippen molar-refractivity contribution in [3.8, 4) is 0 Å². The minimum absolute atomic E-state index is 0.252. The third-order valence-electron chi connectivity index (χ3n) is 4.53. The van der Waals surface area contributed by atoms with E-state index in [1.807, 2.05) is 24.3 Å². The number of carbonyl (C=O) groups excluding carboxylic acids is 1. The first-order chi connectivity index (χ1) is 12.9. The fourth-order valence-electron chi connectivity index (χ4n) is 3.23. The summed E-state index contributed by atoms with van der Waals surface area (Å²) in [6, 6.07) is 13.4. The van der Waals surface area contributed by atoms with Gasteiger partial charge in [0, 0.05) is 11.4 Å². The number of thiocarbonyl (C=S) groups is 1. The minimum atomic E-state index is -0.527. The van der Waals surface area contributed by atoms with Crippen LogP contribution < -0.4 is 16.0 Å². The maximum absolute atomic E-state index is 13.7. The average molecular weight is 383 g/mol. The van der Waals surface area contributed by atoms with Gasteiger partial charge in [0.15, 0.2) is 5.11 Å². The summed E-state index contributed by atoms with van der Waals surface area (Å²) in [5.41, 5.74) is 3.59. The number of halogens is 1. The molecule has 0 saturated carbocycles. The van der Waals surface area contributed by atoms with E-state index in [0.29, 0.717) is 21.9 Å². The summed E-state index contributed by atoms with van der Waals surface area (Å²) in [5, 5.41) is 9.48. The molecule has 0 aromatic heterocycles. The zero-order valence-electron chi connectivity index (χ0n) is 15.5. The van der Waals surface area contributed by atoms with Crippen LogP contribution in [-0.4, -0.2) is 11.0 Å². The van der Waals surface area contributed by atoms with Crippen molar-refractivity contribution < 1.29 is 9.18 Å². The van der Waals surface area contributed by atoms with Crippen molar-refractivity contribution in [2.75, 3.05) is 5.32 Å². The van der Waals surface area contributed by atoms with Crippen LogP contribution in [0.3, 0.4) is 0 Å². The van der Waals surface area contributed by atoms with Crippen molar-refractivity contribution in [1.82, 2.24) is 10.6 Å². The van der Waals surface area contributed by atoms with E-state index in [2.05, 4.69) is 29.8 Å². The van der Waals surface area contributed by atoms with E-state index in [1.165, 1.54) is 12.1 Å². The van der Waals surface area contributed by atoms with Crippen molar-refractivity contribution in [3.63, 3.8) is 0 Å². The Morgan fingerprint density at radius 3 is 2.63 bits per heavy atom. The monoisotopic (exact) mass is 383 g/mol. The standard InChI is InChI=1S/C21H22FN3OS/c1-12(2)16-9-4-5-10-17(16)24-20(26)18-13(3)23-21(27)25-19(18)14-7-6-8-15(22)11-14/h4-12,19H,1-3H3,(H,24,26)(H2,23,25,27)/t19-/m1/s1. The molecule has 6 heteroatoms. The lowest BCUT2D eigenvalue weighted by Crippen LogP contribution is -2.45. The number of nitrogens with one attached hydrogen (secondary N) is 3. The fraction of sp³-hybridized carbons (Fsp3) is 0.238. The lowest BCUT2D eigenvalue weighted by molar-refractivity contribution is -0.113. The first-order valence-corrected chi connectivity index (χ1v) is 9.21. The van der Waals surface area contributed by atoms with E-state index < -0.39 is 6.04 Å². The van der Waals surface area contributed by atoms with E-state index in [1.54, 1.807) is 19.1 Å². The predicted molar refractivity (Wildman–Crippen MR) is 110 cm³/mol. The molecule has 0 spiro atoms. The van der Waals surface area contributed by atoms with Gasteiger partial charge in [-0.25, -0.2) is 4.39 Å². The van der Waals surface area contributed by atoms with Crippen LogP contribution in [-0.2, 0) is 4.79 Å². The van der Waals surface area contributed by atoms with E-state index in [9.17, 15) is 9.18 Å². The summed E-state index contributed by atoms with van der Waals surface area (Å²) in [6.45, 7) is 5.95. The van der Waals surface area contributed by atoms with Gasteiger partial charge >= 0.3 is 0 Å². The van der Waals surface area contributed by atoms with Crippen LogP contribution in [0.1, 0.15) is 43.9 Å². The molecule has 3 N–H and O–H groups in total. The van der Waals surface area contributed by atoms with Crippen LogP contribution in [0.2, 0.25) is 0 Å². The predicted octanol–water partition coefficient (Wildman–Crippen LogP) is 4.38. The number of benzene rings is 2. The number of para-hydroxylation sites is 1. The molecule has 1 heterocycles. The number of hydrogen-bond donors (Lipinski definition) is 3. The Kier molecular flexibility index (Phi) is 5.56. The number of carbonyl (C=O) groups is 1. The van der Waals surface area contributed by atoms with E-state index in [4.69, 9.17) is 12.2 Å². The van der Waals surface area contributed by atoms with Gasteiger partial charge in [0.25, 0.3) is 5.91 Å². The molecule has 0 saturated heterocycles. The van der Waals surface area contributed by atoms with Crippen LogP contribution in [0.5, 0.6) is 0 Å². The molecule has 1 aliphatic heterocycles. The Balaban J connectivity index is 1.98. The number of allylic oxidation sites excluding steroid dienone is 1. The molecule has 4 nitrogen and oxygen atoms in total. The highest BCUT2D eigenvalue weighted by Crippen LogP contribution is 2.30. The normalized spacial score (nSPS) is 16.8. The lowest BCUT2D eigenvalue weighted by Gasteiger charge is -2.30. The minimum Gasteiger partial charge on any atom is -0.351 e. The van der Waals surface area contributed by atoms with E-state index >= 15 is 0 Å². The highest BCUT2D eigenvalue weighted by atomic mass is 32.1. The molecule has 27 heavy (non-hydrogen) atoms. The zero-order valence-corrected chi connectivity index (χ0v) is 16.3. The quantitative estimate of drug-likeness (QED) is 0.686. The number of amides is 1. The van der Waals surface area contributed by atoms with Gasteiger partial charge in [0.1, 0.15) is 5.82 Å². The first kappa shape index (κ1) is 19.0. The van der Waals surface area contributed by atoms with Crippen molar-refractivity contribution in [2.45, 2.75) is 32.7 Å². The molecular formula is C21H22FN3OS. The highest BCUT2D eigenvalue weighted by Gasteiger charge is 2.30. The van der Waals surface area contributed by atoms with Crippen LogP contribution >= 0.6 is 12.2 Å². The SMILES string of the molecule is CC1=C(C(=O)Nc2ccccc2C(C)C)[C@@H](c2cccc(F)c2)NC(=S)N1. The summed E-state index contributed by atoms with van der Waals surface area (Å²) in [4.78, 5) is 13.1.